The number of nitrogens with one attached hydrogen (secondary N) is 1. The highest BCUT2D eigenvalue weighted by Crippen LogP contribution is 2.37. The van der Waals surface area contributed by atoms with Gasteiger partial charge in [0.25, 0.3) is 0 Å². The topological polar surface area (TPSA) is 24.5 Å². The average Bonchev–Trinajstić information content (AvgIpc) is 2.80. The molecule has 1 saturated carbocycles. The highest BCUT2D eigenvalue weighted by atomic mass is 16.5. The summed E-state index contributed by atoms with van der Waals surface area (Å²) in [6.45, 7) is 16.9. The van der Waals surface area contributed by atoms with Crippen LogP contribution in [0.25, 0.3) is 0 Å². The van der Waals surface area contributed by atoms with Crippen molar-refractivity contribution in [2.75, 3.05) is 19.6 Å². The summed E-state index contributed by atoms with van der Waals surface area (Å²) in [4.78, 5) is 2.64. The predicted octanol–water partition coefficient (Wildman–Crippen LogP) is 2.65. The summed E-state index contributed by atoms with van der Waals surface area (Å²) in [6, 6.07) is 0.693. The van der Waals surface area contributed by atoms with Crippen molar-refractivity contribution in [3.63, 3.8) is 0 Å². The van der Waals surface area contributed by atoms with Gasteiger partial charge in [-0.15, -0.1) is 0 Å². The molecule has 1 aliphatic heterocycles. The van der Waals surface area contributed by atoms with Crippen molar-refractivity contribution in [2.45, 2.75) is 77.7 Å². The quantitative estimate of drug-likeness (QED) is 0.848. The molecule has 0 spiro atoms. The van der Waals surface area contributed by atoms with Crippen LogP contribution >= 0.6 is 0 Å². The standard InChI is InChI=1S/C16H32N2O/c1-15(2,3)17-10-12-7-8-18(11-12)13-9-14(13)19-16(4,5)6/h12-14,17H,7-11H2,1-6H3. The van der Waals surface area contributed by atoms with E-state index in [-0.39, 0.29) is 11.1 Å². The van der Waals surface area contributed by atoms with Crippen molar-refractivity contribution in [3.8, 4) is 0 Å². The molecule has 2 aliphatic rings. The van der Waals surface area contributed by atoms with Gasteiger partial charge in [0.05, 0.1) is 11.7 Å². The van der Waals surface area contributed by atoms with Crippen molar-refractivity contribution in [3.05, 3.63) is 0 Å². The molecule has 19 heavy (non-hydrogen) atoms. The molecular weight excluding hydrogens is 236 g/mol. The second-order valence-electron chi connectivity index (χ2n) is 8.35. The molecule has 112 valence electrons. The molecule has 3 atom stereocenters. The van der Waals surface area contributed by atoms with E-state index < -0.39 is 0 Å². The van der Waals surface area contributed by atoms with Crippen LogP contribution in [0.4, 0.5) is 0 Å². The maximum atomic E-state index is 6.07. The first kappa shape index (κ1) is 15.3. The zero-order chi connectivity index (χ0) is 14.3. The van der Waals surface area contributed by atoms with E-state index >= 15 is 0 Å². The number of ether oxygens (including phenoxy) is 1. The first-order valence-electron chi connectivity index (χ1n) is 7.81. The van der Waals surface area contributed by atoms with Gasteiger partial charge in [-0.25, -0.2) is 0 Å². The lowest BCUT2D eigenvalue weighted by Crippen LogP contribution is -2.40. The summed E-state index contributed by atoms with van der Waals surface area (Å²) in [7, 11) is 0. The number of likely N-dealkylation sites (tertiary alicyclic amines) is 1. The Morgan fingerprint density at radius 1 is 1.16 bits per heavy atom. The SMILES string of the molecule is CC(C)(C)NCC1CCN(C2CC2OC(C)(C)C)C1. The molecule has 3 unspecified atom stereocenters. The van der Waals surface area contributed by atoms with Gasteiger partial charge in [-0.1, -0.05) is 0 Å². The summed E-state index contributed by atoms with van der Waals surface area (Å²) in [5.74, 6) is 0.815. The molecule has 0 aromatic carbocycles. The Morgan fingerprint density at radius 2 is 1.84 bits per heavy atom. The number of hydrogen-bond acceptors (Lipinski definition) is 3. The number of rotatable bonds is 4. The molecule has 0 aromatic rings. The summed E-state index contributed by atoms with van der Waals surface area (Å²) in [6.07, 6.45) is 3.05. The minimum absolute atomic E-state index is 0.00628. The van der Waals surface area contributed by atoms with E-state index in [9.17, 15) is 0 Å². The first-order chi connectivity index (χ1) is 8.64. The van der Waals surface area contributed by atoms with Crippen LogP contribution in [0.1, 0.15) is 54.4 Å². The van der Waals surface area contributed by atoms with Gasteiger partial charge in [-0.05, 0) is 73.4 Å². The van der Waals surface area contributed by atoms with Crippen LogP contribution in [0.15, 0.2) is 0 Å². The molecule has 1 N–H and O–H groups in total. The van der Waals surface area contributed by atoms with Crippen LogP contribution in [0.3, 0.4) is 0 Å². The number of hydrogen-bond donors (Lipinski definition) is 1. The Bertz CT molecular complexity index is 303. The van der Waals surface area contributed by atoms with Crippen LogP contribution in [-0.2, 0) is 4.74 Å². The Kier molecular flexibility index (Phi) is 4.29. The van der Waals surface area contributed by atoms with E-state index in [4.69, 9.17) is 4.74 Å². The Balaban J connectivity index is 1.69. The number of nitrogens with zero attached hydrogens (tertiary/aromatic N) is 1. The normalized spacial score (nSPS) is 32.8. The predicted molar refractivity (Wildman–Crippen MR) is 80.5 cm³/mol. The van der Waals surface area contributed by atoms with Gasteiger partial charge in [0.2, 0.25) is 0 Å². The lowest BCUT2D eigenvalue weighted by atomic mass is 10.1. The summed E-state index contributed by atoms with van der Waals surface area (Å²) in [5.41, 5.74) is 0.247. The van der Waals surface area contributed by atoms with E-state index in [0.717, 1.165) is 12.5 Å². The van der Waals surface area contributed by atoms with E-state index in [0.29, 0.717) is 12.1 Å². The molecule has 1 heterocycles. The summed E-state index contributed by atoms with van der Waals surface area (Å²) < 4.78 is 6.07. The maximum absolute atomic E-state index is 6.07. The van der Waals surface area contributed by atoms with Crippen LogP contribution in [0, 0.1) is 5.92 Å². The maximum Gasteiger partial charge on any atom is 0.0754 e. The van der Waals surface area contributed by atoms with Gasteiger partial charge < -0.3 is 10.1 Å². The van der Waals surface area contributed by atoms with Gasteiger partial charge in [-0.3, -0.25) is 4.90 Å². The van der Waals surface area contributed by atoms with Crippen molar-refractivity contribution >= 4 is 0 Å². The summed E-state index contributed by atoms with van der Waals surface area (Å²) in [5, 5.41) is 3.64. The van der Waals surface area contributed by atoms with Crippen molar-refractivity contribution in [2.24, 2.45) is 5.92 Å². The fourth-order valence-electron chi connectivity index (χ4n) is 2.91. The summed E-state index contributed by atoms with van der Waals surface area (Å²) >= 11 is 0. The third kappa shape index (κ3) is 5.05. The highest BCUT2D eigenvalue weighted by molar-refractivity contribution is 5.00. The van der Waals surface area contributed by atoms with Crippen molar-refractivity contribution in [1.82, 2.24) is 10.2 Å². The lowest BCUT2D eigenvalue weighted by Gasteiger charge is -2.24. The van der Waals surface area contributed by atoms with Crippen LogP contribution in [0.2, 0.25) is 0 Å². The van der Waals surface area contributed by atoms with E-state index in [1.165, 1.54) is 25.9 Å². The van der Waals surface area contributed by atoms with Gasteiger partial charge in [-0.2, -0.15) is 0 Å². The Morgan fingerprint density at radius 3 is 2.42 bits per heavy atom. The van der Waals surface area contributed by atoms with Gasteiger partial charge >= 0.3 is 0 Å². The molecule has 2 rings (SSSR count). The molecule has 3 nitrogen and oxygen atoms in total. The van der Waals surface area contributed by atoms with Crippen molar-refractivity contribution < 1.29 is 4.74 Å². The van der Waals surface area contributed by atoms with Crippen LogP contribution in [0.5, 0.6) is 0 Å². The van der Waals surface area contributed by atoms with Gasteiger partial charge in [0, 0.05) is 18.1 Å². The molecule has 0 bridgehead atoms. The molecule has 0 aromatic heterocycles. The molecule has 3 heteroatoms. The third-order valence-electron chi connectivity index (χ3n) is 3.91. The molecule has 2 fully saturated rings. The van der Waals surface area contributed by atoms with E-state index in [1.807, 2.05) is 0 Å². The van der Waals surface area contributed by atoms with Crippen LogP contribution in [-0.4, -0.2) is 47.8 Å². The lowest BCUT2D eigenvalue weighted by molar-refractivity contribution is -0.0254. The molecule has 0 radical (unpaired) electrons. The zero-order valence-electron chi connectivity index (χ0n) is 13.6. The molecule has 1 aliphatic carbocycles. The van der Waals surface area contributed by atoms with Crippen molar-refractivity contribution in [1.29, 1.82) is 0 Å². The minimum atomic E-state index is 0.00628. The highest BCUT2D eigenvalue weighted by Gasteiger charge is 2.46. The van der Waals surface area contributed by atoms with Gasteiger partial charge in [0.1, 0.15) is 0 Å². The zero-order valence-corrected chi connectivity index (χ0v) is 13.6. The molecular formula is C16H32N2O. The largest absolute Gasteiger partial charge is 0.371 e. The second kappa shape index (κ2) is 5.34. The minimum Gasteiger partial charge on any atom is -0.371 e. The fraction of sp³-hybridized carbons (Fsp3) is 1.00. The van der Waals surface area contributed by atoms with Gasteiger partial charge in [0.15, 0.2) is 0 Å². The smallest absolute Gasteiger partial charge is 0.0754 e. The average molecular weight is 268 g/mol. The fourth-order valence-corrected chi connectivity index (χ4v) is 2.91. The first-order valence-corrected chi connectivity index (χ1v) is 7.81. The van der Waals surface area contributed by atoms with Crippen LogP contribution < -0.4 is 5.32 Å². The van der Waals surface area contributed by atoms with E-state index in [2.05, 4.69) is 51.8 Å². The monoisotopic (exact) mass is 268 g/mol. The Labute approximate surface area is 119 Å². The molecule has 1 saturated heterocycles. The second-order valence-corrected chi connectivity index (χ2v) is 8.35. The Hall–Kier alpha value is -0.120. The third-order valence-corrected chi connectivity index (χ3v) is 3.91. The molecule has 0 amide bonds. The van der Waals surface area contributed by atoms with E-state index in [1.54, 1.807) is 0 Å².